The second kappa shape index (κ2) is 5.21. The fourth-order valence-electron chi connectivity index (χ4n) is 2.11. The molecule has 2 N–H and O–H groups in total. The van der Waals surface area contributed by atoms with E-state index in [1.165, 1.54) is 4.90 Å². The summed E-state index contributed by atoms with van der Waals surface area (Å²) in [5.41, 5.74) is -0.154. The number of amides is 2. The molecule has 1 aromatic carbocycles. The molecule has 1 aliphatic carbocycles. The second-order valence-electron chi connectivity index (χ2n) is 4.89. The highest BCUT2D eigenvalue weighted by Gasteiger charge is 2.46. The van der Waals surface area contributed by atoms with Gasteiger partial charge in [0, 0.05) is 12.7 Å². The van der Waals surface area contributed by atoms with Crippen molar-refractivity contribution in [3.8, 4) is 6.07 Å². The number of nitriles is 1. The van der Waals surface area contributed by atoms with E-state index >= 15 is 0 Å². The fourth-order valence-corrected chi connectivity index (χ4v) is 2.11. The molecule has 0 unspecified atom stereocenters. The summed E-state index contributed by atoms with van der Waals surface area (Å²) in [4.78, 5) is 24.7. The predicted octanol–water partition coefficient (Wildman–Crippen LogP) is 1.71. The van der Waals surface area contributed by atoms with Crippen LogP contribution in [0.25, 0.3) is 0 Å². The molecule has 2 rings (SSSR count). The summed E-state index contributed by atoms with van der Waals surface area (Å²) < 4.78 is 0. The summed E-state index contributed by atoms with van der Waals surface area (Å²) in [6.45, 7) is 0. The van der Waals surface area contributed by atoms with Crippen LogP contribution in [0.15, 0.2) is 24.3 Å². The van der Waals surface area contributed by atoms with Crippen LogP contribution in [0.2, 0.25) is 0 Å². The highest BCUT2D eigenvalue weighted by molar-refractivity contribution is 5.95. The molecular formula is C14H15N3O3. The van der Waals surface area contributed by atoms with Crippen LogP contribution in [-0.2, 0) is 4.79 Å². The zero-order valence-electron chi connectivity index (χ0n) is 11.1. The molecule has 20 heavy (non-hydrogen) atoms. The van der Waals surface area contributed by atoms with Crippen LogP contribution < -0.4 is 10.2 Å². The highest BCUT2D eigenvalue weighted by Crippen LogP contribution is 2.32. The monoisotopic (exact) mass is 273 g/mol. The number of carboxylic acid groups (broad SMARTS) is 1. The number of hydrogen-bond donors (Lipinski definition) is 2. The average molecular weight is 273 g/mol. The van der Waals surface area contributed by atoms with E-state index in [-0.39, 0.29) is 0 Å². The van der Waals surface area contributed by atoms with E-state index in [1.807, 2.05) is 6.07 Å². The van der Waals surface area contributed by atoms with Crippen LogP contribution in [0.4, 0.5) is 10.5 Å². The molecule has 1 fully saturated rings. The third-order valence-corrected chi connectivity index (χ3v) is 3.63. The van der Waals surface area contributed by atoms with E-state index < -0.39 is 17.5 Å². The lowest BCUT2D eigenvalue weighted by Gasteiger charge is -2.39. The Balaban J connectivity index is 2.12. The largest absolute Gasteiger partial charge is 0.480 e. The minimum Gasteiger partial charge on any atom is -0.480 e. The summed E-state index contributed by atoms with van der Waals surface area (Å²) in [6.07, 6.45) is 1.68. The van der Waals surface area contributed by atoms with E-state index in [0.717, 1.165) is 6.42 Å². The van der Waals surface area contributed by atoms with Crippen molar-refractivity contribution < 1.29 is 14.7 Å². The Morgan fingerprint density at radius 3 is 2.65 bits per heavy atom. The maximum absolute atomic E-state index is 12.1. The van der Waals surface area contributed by atoms with Gasteiger partial charge in [0.25, 0.3) is 0 Å². The summed E-state index contributed by atoms with van der Waals surface area (Å²) in [5.74, 6) is -1.00. The van der Waals surface area contributed by atoms with Gasteiger partial charge in [-0.25, -0.2) is 9.59 Å². The minimum atomic E-state index is -1.14. The van der Waals surface area contributed by atoms with Gasteiger partial charge in [0.15, 0.2) is 0 Å². The molecule has 6 heteroatoms. The second-order valence-corrected chi connectivity index (χ2v) is 4.89. The first-order chi connectivity index (χ1) is 9.48. The molecule has 0 heterocycles. The third kappa shape index (κ3) is 2.43. The van der Waals surface area contributed by atoms with Crippen LogP contribution in [0.3, 0.4) is 0 Å². The van der Waals surface area contributed by atoms with Crippen molar-refractivity contribution in [2.45, 2.75) is 24.8 Å². The third-order valence-electron chi connectivity index (χ3n) is 3.63. The number of hydrogen-bond acceptors (Lipinski definition) is 3. The Morgan fingerprint density at radius 2 is 2.15 bits per heavy atom. The van der Waals surface area contributed by atoms with Gasteiger partial charge >= 0.3 is 12.0 Å². The maximum atomic E-state index is 12.1. The quantitative estimate of drug-likeness (QED) is 0.876. The molecule has 0 aliphatic heterocycles. The Hall–Kier alpha value is -2.55. The van der Waals surface area contributed by atoms with Crippen LogP contribution in [0, 0.1) is 11.3 Å². The molecule has 1 saturated carbocycles. The van der Waals surface area contributed by atoms with Crippen LogP contribution in [-0.4, -0.2) is 29.7 Å². The minimum absolute atomic E-state index is 0.443. The first kappa shape index (κ1) is 13.9. The lowest BCUT2D eigenvalue weighted by Crippen LogP contribution is -2.61. The number of carboxylic acids is 1. The number of urea groups is 1. The molecule has 2 amide bonds. The van der Waals surface area contributed by atoms with Crippen molar-refractivity contribution in [3.63, 3.8) is 0 Å². The zero-order chi connectivity index (χ0) is 14.8. The molecule has 0 aromatic heterocycles. The lowest BCUT2D eigenvalue weighted by molar-refractivity contribution is -0.148. The normalized spacial score (nSPS) is 15.6. The zero-order valence-corrected chi connectivity index (χ0v) is 11.1. The smallest absolute Gasteiger partial charge is 0.329 e. The topological polar surface area (TPSA) is 93.4 Å². The molecular weight excluding hydrogens is 258 g/mol. The first-order valence-electron chi connectivity index (χ1n) is 6.28. The van der Waals surface area contributed by atoms with Crippen LogP contribution in [0.5, 0.6) is 0 Å². The lowest BCUT2D eigenvalue weighted by atomic mass is 9.77. The van der Waals surface area contributed by atoms with Gasteiger partial charge in [-0.1, -0.05) is 6.07 Å². The molecule has 6 nitrogen and oxygen atoms in total. The fraction of sp³-hybridized carbons (Fsp3) is 0.357. The van der Waals surface area contributed by atoms with Gasteiger partial charge in [-0.3, -0.25) is 4.90 Å². The van der Waals surface area contributed by atoms with Gasteiger partial charge in [-0.05, 0) is 37.5 Å². The Kier molecular flexibility index (Phi) is 3.61. The number of rotatable bonds is 3. The molecule has 0 radical (unpaired) electrons. The van der Waals surface area contributed by atoms with Gasteiger partial charge in [0.1, 0.15) is 5.54 Å². The summed E-state index contributed by atoms with van der Waals surface area (Å²) in [6, 6.07) is 8.09. The van der Waals surface area contributed by atoms with E-state index in [0.29, 0.717) is 24.1 Å². The molecule has 0 saturated heterocycles. The Labute approximate surface area is 116 Å². The molecule has 104 valence electrons. The van der Waals surface area contributed by atoms with E-state index in [9.17, 15) is 14.7 Å². The molecule has 0 atom stereocenters. The molecule has 0 bridgehead atoms. The number of carbonyl (C=O) groups excluding carboxylic acids is 1. The summed E-state index contributed by atoms with van der Waals surface area (Å²) >= 11 is 0. The van der Waals surface area contributed by atoms with Crippen molar-refractivity contribution in [1.82, 2.24) is 5.32 Å². The van der Waals surface area contributed by atoms with Gasteiger partial charge in [0.2, 0.25) is 0 Å². The van der Waals surface area contributed by atoms with Crippen molar-refractivity contribution in [2.75, 3.05) is 11.9 Å². The summed E-state index contributed by atoms with van der Waals surface area (Å²) in [5, 5.41) is 20.6. The summed E-state index contributed by atoms with van der Waals surface area (Å²) in [7, 11) is 1.54. The number of anilines is 1. The maximum Gasteiger partial charge on any atom is 0.329 e. The van der Waals surface area contributed by atoms with Gasteiger partial charge in [-0.2, -0.15) is 5.26 Å². The Morgan fingerprint density at radius 1 is 1.45 bits per heavy atom. The SMILES string of the molecule is CN(C(=O)NC1(C(=O)O)CCC1)c1cccc(C#N)c1. The molecule has 0 spiro atoms. The van der Waals surface area contributed by atoms with Gasteiger partial charge < -0.3 is 10.4 Å². The van der Waals surface area contributed by atoms with Gasteiger partial charge in [-0.15, -0.1) is 0 Å². The standard InChI is InChI=1S/C14H15N3O3/c1-17(11-5-2-4-10(8-11)9-15)13(20)16-14(12(18)19)6-3-7-14/h2,4-5,8H,3,6-7H2,1H3,(H,16,20)(H,18,19). The number of carbonyl (C=O) groups is 2. The van der Waals surface area contributed by atoms with Crippen molar-refractivity contribution >= 4 is 17.7 Å². The number of aliphatic carboxylic acids is 1. The van der Waals surface area contributed by atoms with Gasteiger partial charge in [0.05, 0.1) is 11.6 Å². The average Bonchev–Trinajstić information content (AvgIpc) is 2.41. The Bertz CT molecular complexity index is 588. The van der Waals surface area contributed by atoms with Crippen LogP contribution in [0.1, 0.15) is 24.8 Å². The van der Waals surface area contributed by atoms with E-state index in [4.69, 9.17) is 5.26 Å². The number of nitrogens with one attached hydrogen (secondary N) is 1. The number of nitrogens with zero attached hydrogens (tertiary/aromatic N) is 2. The molecule has 1 aliphatic rings. The van der Waals surface area contributed by atoms with Crippen molar-refractivity contribution in [1.29, 1.82) is 5.26 Å². The van der Waals surface area contributed by atoms with Crippen molar-refractivity contribution in [3.05, 3.63) is 29.8 Å². The number of benzene rings is 1. The van der Waals surface area contributed by atoms with Crippen molar-refractivity contribution in [2.24, 2.45) is 0 Å². The van der Waals surface area contributed by atoms with E-state index in [1.54, 1.807) is 31.3 Å². The molecule has 1 aromatic rings. The van der Waals surface area contributed by atoms with Crippen LogP contribution >= 0.6 is 0 Å². The first-order valence-corrected chi connectivity index (χ1v) is 6.28. The highest BCUT2D eigenvalue weighted by atomic mass is 16.4. The van der Waals surface area contributed by atoms with E-state index in [2.05, 4.69) is 5.32 Å². The predicted molar refractivity (Wildman–Crippen MR) is 72.3 cm³/mol.